The quantitative estimate of drug-likeness (QED) is 0.754. The molecule has 1 heterocycles. The summed E-state index contributed by atoms with van der Waals surface area (Å²) in [5.74, 6) is 0.736. The van der Waals surface area contributed by atoms with E-state index in [4.69, 9.17) is 0 Å². The van der Waals surface area contributed by atoms with Crippen LogP contribution in [0.1, 0.15) is 25.8 Å². The fraction of sp³-hybridized carbons (Fsp3) is 0.312. The summed E-state index contributed by atoms with van der Waals surface area (Å²) in [6, 6.07) is 14.6. The average molecular weight is 225 g/mol. The van der Waals surface area contributed by atoms with Crippen molar-refractivity contribution < 1.29 is 0 Å². The smallest absolute Gasteiger partial charge is 0.0702 e. The van der Waals surface area contributed by atoms with E-state index in [0.717, 1.165) is 18.0 Å². The molecule has 0 bridgehead atoms. The average Bonchev–Trinajstić information content (AvgIpc) is 2.40. The first-order chi connectivity index (χ1) is 8.29. The van der Waals surface area contributed by atoms with E-state index in [1.807, 2.05) is 24.4 Å². The van der Waals surface area contributed by atoms with Crippen LogP contribution in [0.2, 0.25) is 0 Å². The summed E-state index contributed by atoms with van der Waals surface area (Å²) in [5, 5.41) is 0. The van der Waals surface area contributed by atoms with Gasteiger partial charge in [-0.1, -0.05) is 56.7 Å². The number of benzene rings is 1. The Kier molecular flexibility index (Phi) is 3.92. The van der Waals surface area contributed by atoms with Gasteiger partial charge in [-0.25, -0.2) is 0 Å². The normalized spacial score (nSPS) is 12.4. The van der Waals surface area contributed by atoms with Gasteiger partial charge in [-0.2, -0.15) is 0 Å². The van der Waals surface area contributed by atoms with Crippen LogP contribution in [0.25, 0.3) is 11.3 Å². The Labute approximate surface area is 104 Å². The van der Waals surface area contributed by atoms with Crippen LogP contribution in [0.5, 0.6) is 0 Å². The van der Waals surface area contributed by atoms with E-state index in [1.54, 1.807) is 0 Å². The molecule has 1 aromatic heterocycles. The van der Waals surface area contributed by atoms with Gasteiger partial charge in [0.05, 0.1) is 5.69 Å². The molecule has 0 aliphatic heterocycles. The highest BCUT2D eigenvalue weighted by molar-refractivity contribution is 5.58. The predicted molar refractivity (Wildman–Crippen MR) is 72.8 cm³/mol. The molecule has 0 radical (unpaired) electrons. The van der Waals surface area contributed by atoms with Crippen molar-refractivity contribution in [3.05, 3.63) is 54.2 Å². The molecule has 0 spiro atoms. The summed E-state index contributed by atoms with van der Waals surface area (Å²) in [4.78, 5) is 4.54. The molecular weight excluding hydrogens is 206 g/mol. The first-order valence-corrected chi connectivity index (χ1v) is 6.30. The van der Waals surface area contributed by atoms with Gasteiger partial charge >= 0.3 is 0 Å². The summed E-state index contributed by atoms with van der Waals surface area (Å²) in [7, 11) is 0. The maximum absolute atomic E-state index is 4.54. The Bertz CT molecular complexity index is 445. The Hall–Kier alpha value is -1.63. The fourth-order valence-corrected chi connectivity index (χ4v) is 1.87. The molecule has 1 unspecified atom stereocenters. The van der Waals surface area contributed by atoms with Gasteiger partial charge in [-0.3, -0.25) is 4.98 Å². The molecule has 2 aromatic rings. The molecule has 1 nitrogen and oxygen atoms in total. The van der Waals surface area contributed by atoms with E-state index in [1.165, 1.54) is 17.5 Å². The second-order valence-corrected chi connectivity index (χ2v) is 4.64. The van der Waals surface area contributed by atoms with E-state index in [9.17, 15) is 0 Å². The summed E-state index contributed by atoms with van der Waals surface area (Å²) < 4.78 is 0. The molecule has 0 fully saturated rings. The molecule has 0 saturated carbocycles. The van der Waals surface area contributed by atoms with Crippen LogP contribution in [-0.2, 0) is 6.42 Å². The molecule has 0 aliphatic carbocycles. The second kappa shape index (κ2) is 5.62. The Balaban J connectivity index is 2.13. The van der Waals surface area contributed by atoms with Crippen molar-refractivity contribution in [2.75, 3.05) is 0 Å². The lowest BCUT2D eigenvalue weighted by atomic mass is 10.00. The maximum atomic E-state index is 4.54. The number of nitrogens with zero attached hydrogens (tertiary/aromatic N) is 1. The summed E-state index contributed by atoms with van der Waals surface area (Å²) in [6.45, 7) is 4.52. The highest BCUT2D eigenvalue weighted by Gasteiger charge is 2.02. The highest BCUT2D eigenvalue weighted by atomic mass is 14.7. The number of hydrogen-bond acceptors (Lipinski definition) is 1. The van der Waals surface area contributed by atoms with E-state index in [-0.39, 0.29) is 0 Å². The molecule has 88 valence electrons. The molecule has 17 heavy (non-hydrogen) atoms. The van der Waals surface area contributed by atoms with Crippen molar-refractivity contribution in [3.63, 3.8) is 0 Å². The van der Waals surface area contributed by atoms with Gasteiger partial charge in [-0.15, -0.1) is 0 Å². The van der Waals surface area contributed by atoms with Gasteiger partial charge in [0.15, 0.2) is 0 Å². The first kappa shape index (κ1) is 11.8. The van der Waals surface area contributed by atoms with Gasteiger partial charge in [0.1, 0.15) is 0 Å². The van der Waals surface area contributed by atoms with Crippen LogP contribution in [-0.4, -0.2) is 4.98 Å². The zero-order valence-corrected chi connectivity index (χ0v) is 10.6. The lowest BCUT2D eigenvalue weighted by Gasteiger charge is -2.08. The zero-order valence-electron chi connectivity index (χ0n) is 10.6. The fourth-order valence-electron chi connectivity index (χ4n) is 1.87. The van der Waals surface area contributed by atoms with E-state index < -0.39 is 0 Å². The van der Waals surface area contributed by atoms with Gasteiger partial charge in [0.2, 0.25) is 0 Å². The summed E-state index contributed by atoms with van der Waals surface area (Å²) in [6.07, 6.45) is 4.35. The number of pyridine rings is 1. The minimum absolute atomic E-state index is 0.736. The van der Waals surface area contributed by atoms with E-state index in [2.05, 4.69) is 43.1 Å². The third-order valence-corrected chi connectivity index (χ3v) is 3.18. The van der Waals surface area contributed by atoms with Crippen LogP contribution in [0.4, 0.5) is 0 Å². The summed E-state index contributed by atoms with van der Waals surface area (Å²) >= 11 is 0. The topological polar surface area (TPSA) is 12.9 Å². The van der Waals surface area contributed by atoms with Gasteiger partial charge in [0, 0.05) is 11.8 Å². The van der Waals surface area contributed by atoms with Gasteiger partial charge < -0.3 is 0 Å². The summed E-state index contributed by atoms with van der Waals surface area (Å²) in [5.41, 5.74) is 3.57. The molecule has 1 atom stereocenters. The number of rotatable bonds is 4. The van der Waals surface area contributed by atoms with Crippen molar-refractivity contribution >= 4 is 0 Å². The van der Waals surface area contributed by atoms with Crippen molar-refractivity contribution in [2.24, 2.45) is 5.92 Å². The van der Waals surface area contributed by atoms with Crippen molar-refractivity contribution in [3.8, 4) is 11.3 Å². The van der Waals surface area contributed by atoms with Crippen molar-refractivity contribution in [2.45, 2.75) is 26.7 Å². The SMILES string of the molecule is CCC(C)Cc1ccc(-c2ccccc2)nc1. The maximum Gasteiger partial charge on any atom is 0.0702 e. The Morgan fingerprint density at radius 3 is 2.41 bits per heavy atom. The van der Waals surface area contributed by atoms with Crippen molar-refractivity contribution in [1.29, 1.82) is 0 Å². The minimum atomic E-state index is 0.736. The van der Waals surface area contributed by atoms with Crippen LogP contribution >= 0.6 is 0 Å². The second-order valence-electron chi connectivity index (χ2n) is 4.64. The van der Waals surface area contributed by atoms with Crippen LogP contribution in [0, 0.1) is 5.92 Å². The predicted octanol–water partition coefficient (Wildman–Crippen LogP) is 4.34. The van der Waals surface area contributed by atoms with E-state index >= 15 is 0 Å². The largest absolute Gasteiger partial charge is 0.256 e. The van der Waals surface area contributed by atoms with Crippen LogP contribution in [0.3, 0.4) is 0 Å². The van der Waals surface area contributed by atoms with Crippen LogP contribution < -0.4 is 0 Å². The molecule has 0 amide bonds. The lowest BCUT2D eigenvalue weighted by Crippen LogP contribution is -1.98. The monoisotopic (exact) mass is 225 g/mol. The van der Waals surface area contributed by atoms with Crippen LogP contribution in [0.15, 0.2) is 48.7 Å². The molecular formula is C16H19N. The molecule has 1 aromatic carbocycles. The molecule has 0 aliphatic rings. The Morgan fingerprint density at radius 1 is 1.06 bits per heavy atom. The highest BCUT2D eigenvalue weighted by Crippen LogP contribution is 2.17. The third-order valence-electron chi connectivity index (χ3n) is 3.18. The zero-order chi connectivity index (χ0) is 12.1. The molecule has 1 heteroatoms. The van der Waals surface area contributed by atoms with Crippen molar-refractivity contribution in [1.82, 2.24) is 4.98 Å². The lowest BCUT2D eigenvalue weighted by molar-refractivity contribution is 0.559. The van der Waals surface area contributed by atoms with Gasteiger partial charge in [-0.05, 0) is 24.0 Å². The minimum Gasteiger partial charge on any atom is -0.256 e. The van der Waals surface area contributed by atoms with E-state index in [0.29, 0.717) is 0 Å². The number of aromatic nitrogens is 1. The Morgan fingerprint density at radius 2 is 1.82 bits per heavy atom. The first-order valence-electron chi connectivity index (χ1n) is 6.30. The number of hydrogen-bond donors (Lipinski definition) is 0. The third kappa shape index (κ3) is 3.16. The van der Waals surface area contributed by atoms with Gasteiger partial charge in [0.25, 0.3) is 0 Å². The standard InChI is InChI=1S/C16H19N/c1-3-13(2)11-14-9-10-16(17-12-14)15-7-5-4-6-8-15/h4-10,12-13H,3,11H2,1-2H3. The molecule has 0 N–H and O–H groups in total. The molecule has 2 rings (SSSR count). The molecule has 0 saturated heterocycles.